The number of benzene rings is 2. The van der Waals surface area contributed by atoms with Crippen LogP contribution in [0.25, 0.3) is 0 Å². The molecule has 1 atom stereocenters. The molecule has 1 heterocycles. The number of aromatic hydroxyl groups is 1. The second-order valence-electron chi connectivity index (χ2n) is 9.03. The molecule has 1 aliphatic heterocycles. The Balaban J connectivity index is 2.06. The van der Waals surface area contributed by atoms with E-state index in [1.807, 2.05) is 13.8 Å². The number of allylic oxidation sites excluding steroid dienone is 1. The number of carboxylic acid groups (broad SMARTS) is 1. The van der Waals surface area contributed by atoms with Gasteiger partial charge in [-0.15, -0.1) is 0 Å². The Morgan fingerprint density at radius 1 is 1.18 bits per heavy atom. The molecule has 0 radical (unpaired) electrons. The van der Waals surface area contributed by atoms with Gasteiger partial charge in [-0.1, -0.05) is 49.2 Å². The molecule has 0 bridgehead atoms. The van der Waals surface area contributed by atoms with Crippen LogP contribution in [0.15, 0.2) is 47.7 Å². The van der Waals surface area contributed by atoms with E-state index in [9.17, 15) is 24.6 Å². The summed E-state index contributed by atoms with van der Waals surface area (Å²) in [6.07, 6.45) is -0.0951. The Morgan fingerprint density at radius 2 is 1.91 bits per heavy atom. The molecule has 9 heteroatoms. The number of anilines is 2. The van der Waals surface area contributed by atoms with Crippen LogP contribution in [0.1, 0.15) is 44.7 Å². The van der Waals surface area contributed by atoms with Crippen molar-refractivity contribution in [3.63, 3.8) is 0 Å². The number of nitrogens with zero attached hydrogens (tertiary/aromatic N) is 1. The van der Waals surface area contributed by atoms with Gasteiger partial charge in [0.1, 0.15) is 17.9 Å². The molecule has 1 unspecified atom stereocenters. The van der Waals surface area contributed by atoms with Crippen LogP contribution >= 0.6 is 23.2 Å². The van der Waals surface area contributed by atoms with Gasteiger partial charge in [0, 0.05) is 27.7 Å². The standard InChI is InChI=1S/C24H22Cl2N2O5/c1-24(2)10-15-21(18(30)11-24)23(13-7-6-12(25)8-14(13)26)28(19(31)9-20(32)33)16-4-3-5-17(29)22(16)27-15/h3-8,23,27,29H,9-11H2,1-2H3,(H,32,33). The number of phenols is 1. The lowest BCUT2D eigenvalue weighted by Gasteiger charge is -2.37. The molecule has 1 aliphatic carbocycles. The van der Waals surface area contributed by atoms with E-state index in [-0.39, 0.29) is 39.8 Å². The van der Waals surface area contributed by atoms with Crippen molar-refractivity contribution in [3.05, 3.63) is 63.3 Å². The van der Waals surface area contributed by atoms with Gasteiger partial charge in [0.15, 0.2) is 5.78 Å². The normalized spacial score (nSPS) is 19.3. The smallest absolute Gasteiger partial charge is 0.312 e. The van der Waals surface area contributed by atoms with Crippen molar-refractivity contribution in [2.45, 2.75) is 39.2 Å². The average Bonchev–Trinajstić information content (AvgIpc) is 2.82. The Kier molecular flexibility index (Phi) is 5.88. The Labute approximate surface area is 200 Å². The first kappa shape index (κ1) is 23.1. The van der Waals surface area contributed by atoms with Gasteiger partial charge in [0.2, 0.25) is 5.91 Å². The molecule has 2 aromatic carbocycles. The lowest BCUT2D eigenvalue weighted by molar-refractivity contribution is -0.140. The van der Waals surface area contributed by atoms with Crippen LogP contribution in [0.3, 0.4) is 0 Å². The number of carboxylic acids is 1. The molecule has 4 rings (SSSR count). The zero-order chi connectivity index (χ0) is 24.1. The van der Waals surface area contributed by atoms with Gasteiger partial charge in [-0.05, 0) is 41.7 Å². The Morgan fingerprint density at radius 3 is 2.58 bits per heavy atom. The number of carbonyl (C=O) groups is 3. The number of aliphatic carboxylic acids is 1. The molecule has 2 aliphatic rings. The number of fused-ring (bicyclic) bond motifs is 1. The fourth-order valence-corrected chi connectivity index (χ4v) is 5.06. The van der Waals surface area contributed by atoms with Crippen molar-refractivity contribution in [2.24, 2.45) is 5.41 Å². The maximum absolute atomic E-state index is 13.5. The summed E-state index contributed by atoms with van der Waals surface area (Å²) in [5, 5.41) is 23.8. The minimum atomic E-state index is -1.31. The number of hydrogen-bond donors (Lipinski definition) is 3. The largest absolute Gasteiger partial charge is 0.506 e. The highest BCUT2D eigenvalue weighted by molar-refractivity contribution is 6.35. The van der Waals surface area contributed by atoms with E-state index < -0.39 is 24.3 Å². The number of Topliss-reactive ketones (excluding diaryl/α,β-unsaturated/α-hetero) is 1. The number of phenolic OH excluding ortho intramolecular Hbond substituents is 1. The van der Waals surface area contributed by atoms with E-state index in [2.05, 4.69) is 5.32 Å². The highest BCUT2D eigenvalue weighted by Crippen LogP contribution is 2.51. The molecule has 0 saturated carbocycles. The van der Waals surface area contributed by atoms with Gasteiger partial charge >= 0.3 is 5.97 Å². The van der Waals surface area contributed by atoms with Crippen molar-refractivity contribution < 1.29 is 24.6 Å². The molecule has 2 aromatic rings. The highest BCUT2D eigenvalue weighted by atomic mass is 35.5. The van der Waals surface area contributed by atoms with Gasteiger partial charge in [-0.3, -0.25) is 19.3 Å². The maximum Gasteiger partial charge on any atom is 0.312 e. The molecular formula is C24H22Cl2N2O5. The summed E-state index contributed by atoms with van der Waals surface area (Å²) < 4.78 is 0. The number of rotatable bonds is 3. The number of hydrogen-bond acceptors (Lipinski definition) is 5. The van der Waals surface area contributed by atoms with Crippen LogP contribution in [-0.4, -0.2) is 27.9 Å². The molecule has 0 aromatic heterocycles. The lowest BCUT2D eigenvalue weighted by atomic mass is 9.73. The third-order valence-electron chi connectivity index (χ3n) is 5.84. The van der Waals surface area contributed by atoms with Crippen LogP contribution in [0, 0.1) is 5.41 Å². The maximum atomic E-state index is 13.5. The molecule has 33 heavy (non-hydrogen) atoms. The molecule has 0 spiro atoms. The van der Waals surface area contributed by atoms with Crippen molar-refractivity contribution in [1.29, 1.82) is 0 Å². The van der Waals surface area contributed by atoms with Crippen LogP contribution < -0.4 is 10.2 Å². The van der Waals surface area contributed by atoms with Crippen LogP contribution in [-0.2, 0) is 14.4 Å². The zero-order valence-corrected chi connectivity index (χ0v) is 19.5. The number of amides is 1. The van der Waals surface area contributed by atoms with Crippen LogP contribution in [0.5, 0.6) is 5.75 Å². The SMILES string of the molecule is CC1(C)CC(=O)C2=C(C1)Nc1c(O)cccc1N(C(=O)CC(=O)O)C2c1ccc(Cl)cc1Cl. The Bertz CT molecular complexity index is 1220. The molecular weight excluding hydrogens is 467 g/mol. The van der Waals surface area contributed by atoms with Crippen molar-refractivity contribution in [1.82, 2.24) is 0 Å². The van der Waals surface area contributed by atoms with Crippen LogP contribution in [0.4, 0.5) is 11.4 Å². The fraction of sp³-hybridized carbons (Fsp3) is 0.292. The summed E-state index contributed by atoms with van der Waals surface area (Å²) in [5.74, 6) is -2.39. The van der Waals surface area contributed by atoms with Gasteiger partial charge in [0.25, 0.3) is 0 Å². The van der Waals surface area contributed by atoms with E-state index >= 15 is 0 Å². The molecule has 3 N–H and O–H groups in total. The third kappa shape index (κ3) is 4.30. The Hall–Kier alpha value is -3.03. The first-order valence-corrected chi connectivity index (χ1v) is 11.1. The van der Waals surface area contributed by atoms with E-state index in [1.165, 1.54) is 17.0 Å². The minimum Gasteiger partial charge on any atom is -0.506 e. The zero-order valence-electron chi connectivity index (χ0n) is 18.0. The van der Waals surface area contributed by atoms with Crippen molar-refractivity contribution in [3.8, 4) is 5.75 Å². The summed E-state index contributed by atoms with van der Waals surface area (Å²) >= 11 is 12.6. The van der Waals surface area contributed by atoms with Gasteiger partial charge in [-0.25, -0.2) is 0 Å². The third-order valence-corrected chi connectivity index (χ3v) is 6.40. The van der Waals surface area contributed by atoms with E-state index in [4.69, 9.17) is 23.2 Å². The van der Waals surface area contributed by atoms with Crippen LogP contribution in [0.2, 0.25) is 10.0 Å². The van der Waals surface area contributed by atoms with Gasteiger partial charge < -0.3 is 15.5 Å². The molecule has 172 valence electrons. The predicted molar refractivity (Wildman–Crippen MR) is 126 cm³/mol. The molecule has 1 amide bonds. The summed E-state index contributed by atoms with van der Waals surface area (Å²) in [6, 6.07) is 8.33. The summed E-state index contributed by atoms with van der Waals surface area (Å²) in [5.41, 5.74) is 1.41. The monoisotopic (exact) mass is 488 g/mol. The summed E-state index contributed by atoms with van der Waals surface area (Å²) in [4.78, 5) is 39.5. The highest BCUT2D eigenvalue weighted by Gasteiger charge is 2.44. The summed E-state index contributed by atoms with van der Waals surface area (Å²) in [7, 11) is 0. The van der Waals surface area contributed by atoms with Gasteiger partial charge in [-0.2, -0.15) is 0 Å². The van der Waals surface area contributed by atoms with E-state index in [0.29, 0.717) is 28.3 Å². The number of carbonyl (C=O) groups excluding carboxylic acids is 2. The first-order valence-electron chi connectivity index (χ1n) is 10.3. The van der Waals surface area contributed by atoms with E-state index in [0.717, 1.165) is 0 Å². The van der Waals surface area contributed by atoms with Crippen molar-refractivity contribution >= 4 is 52.2 Å². The number of para-hydroxylation sites is 1. The molecule has 0 saturated heterocycles. The van der Waals surface area contributed by atoms with E-state index in [1.54, 1.807) is 24.3 Å². The summed E-state index contributed by atoms with van der Waals surface area (Å²) in [6.45, 7) is 3.93. The quantitative estimate of drug-likeness (QED) is 0.398. The first-order chi connectivity index (χ1) is 15.5. The molecule has 0 fully saturated rings. The average molecular weight is 489 g/mol. The molecule has 7 nitrogen and oxygen atoms in total. The number of ketones is 1. The second kappa shape index (κ2) is 8.39. The lowest BCUT2D eigenvalue weighted by Crippen LogP contribution is -2.40. The fourth-order valence-electron chi connectivity index (χ4n) is 4.55. The number of halogens is 2. The topological polar surface area (TPSA) is 107 Å². The number of nitrogens with one attached hydrogen (secondary N) is 1. The van der Waals surface area contributed by atoms with Crippen molar-refractivity contribution in [2.75, 3.05) is 10.2 Å². The predicted octanol–water partition coefficient (Wildman–Crippen LogP) is 5.32. The minimum absolute atomic E-state index is 0.133. The second-order valence-corrected chi connectivity index (χ2v) is 9.88. The van der Waals surface area contributed by atoms with Gasteiger partial charge in [0.05, 0.1) is 11.7 Å².